The van der Waals surface area contributed by atoms with E-state index in [1.165, 1.54) is 0 Å². The molecular weight excluding hydrogens is 228 g/mol. The van der Waals surface area contributed by atoms with Gasteiger partial charge in [-0.2, -0.15) is 0 Å². The van der Waals surface area contributed by atoms with E-state index in [0.717, 1.165) is 6.42 Å². The van der Waals surface area contributed by atoms with Crippen LogP contribution in [0.25, 0.3) is 0 Å². The molecule has 1 amide bonds. The predicted molar refractivity (Wildman–Crippen MR) is 63.7 cm³/mol. The number of hydrogen-bond acceptors (Lipinski definition) is 3. The van der Waals surface area contributed by atoms with Crippen molar-refractivity contribution in [2.24, 2.45) is 0 Å². The van der Waals surface area contributed by atoms with Crippen molar-refractivity contribution >= 4 is 23.2 Å². The van der Waals surface area contributed by atoms with Crippen LogP contribution in [0, 0.1) is 6.92 Å². The first kappa shape index (κ1) is 12.9. The maximum atomic E-state index is 11.4. The highest BCUT2D eigenvalue weighted by molar-refractivity contribution is 6.29. The van der Waals surface area contributed by atoms with Crippen LogP contribution >= 0.6 is 11.6 Å². The van der Waals surface area contributed by atoms with Crippen LogP contribution in [-0.2, 0) is 9.53 Å². The first-order chi connectivity index (χ1) is 7.63. The molecule has 1 aromatic rings. The van der Waals surface area contributed by atoms with Crippen molar-refractivity contribution in [1.82, 2.24) is 4.98 Å². The summed E-state index contributed by atoms with van der Waals surface area (Å²) in [6, 6.07) is 3.36. The van der Waals surface area contributed by atoms with E-state index in [0.29, 0.717) is 23.1 Å². The lowest BCUT2D eigenvalue weighted by Gasteiger charge is -2.07. The number of nitrogens with one attached hydrogen (secondary N) is 1. The fourth-order valence-electron chi connectivity index (χ4n) is 1.16. The minimum absolute atomic E-state index is 0.0654. The maximum absolute atomic E-state index is 11.4. The molecule has 4 nitrogen and oxygen atoms in total. The minimum atomic E-state index is -0.180. The molecule has 88 valence electrons. The van der Waals surface area contributed by atoms with E-state index in [9.17, 15) is 4.79 Å². The van der Waals surface area contributed by atoms with E-state index in [-0.39, 0.29) is 12.5 Å². The standard InChI is InChI=1S/C11H15ClN2O2/c1-3-6-16-7-11(15)14-9-4-5-10(12)13-8(9)2/h4-5H,3,6-7H2,1-2H3,(H,14,15). The van der Waals surface area contributed by atoms with Crippen LogP contribution < -0.4 is 5.32 Å². The van der Waals surface area contributed by atoms with E-state index in [1.807, 2.05) is 6.92 Å². The summed E-state index contributed by atoms with van der Waals surface area (Å²) in [5, 5.41) is 3.13. The van der Waals surface area contributed by atoms with Gasteiger partial charge in [-0.05, 0) is 25.5 Å². The van der Waals surface area contributed by atoms with Crippen molar-refractivity contribution in [3.63, 3.8) is 0 Å². The topological polar surface area (TPSA) is 51.2 Å². The Hall–Kier alpha value is -1.13. The normalized spacial score (nSPS) is 10.2. The Morgan fingerprint density at radius 1 is 1.56 bits per heavy atom. The van der Waals surface area contributed by atoms with Gasteiger partial charge in [0.2, 0.25) is 5.91 Å². The van der Waals surface area contributed by atoms with Crippen molar-refractivity contribution < 1.29 is 9.53 Å². The smallest absolute Gasteiger partial charge is 0.250 e. The fraction of sp³-hybridized carbons (Fsp3) is 0.455. The number of nitrogens with zero attached hydrogens (tertiary/aromatic N) is 1. The van der Waals surface area contributed by atoms with E-state index in [2.05, 4.69) is 10.3 Å². The van der Waals surface area contributed by atoms with Crippen LogP contribution in [0.2, 0.25) is 5.15 Å². The summed E-state index contributed by atoms with van der Waals surface area (Å²) in [5.41, 5.74) is 1.35. The van der Waals surface area contributed by atoms with Crippen LogP contribution in [0.5, 0.6) is 0 Å². The molecule has 1 aromatic heterocycles. The molecule has 0 fully saturated rings. The van der Waals surface area contributed by atoms with Gasteiger partial charge in [-0.15, -0.1) is 0 Å². The Morgan fingerprint density at radius 2 is 2.31 bits per heavy atom. The zero-order chi connectivity index (χ0) is 12.0. The van der Waals surface area contributed by atoms with Gasteiger partial charge in [0.15, 0.2) is 0 Å². The summed E-state index contributed by atoms with van der Waals surface area (Å²) in [5.74, 6) is -0.180. The first-order valence-corrected chi connectivity index (χ1v) is 5.52. The number of hydrogen-bond donors (Lipinski definition) is 1. The van der Waals surface area contributed by atoms with Gasteiger partial charge in [0, 0.05) is 6.61 Å². The molecule has 0 bridgehead atoms. The SMILES string of the molecule is CCCOCC(=O)Nc1ccc(Cl)nc1C. The Labute approximate surface area is 100.0 Å². The maximum Gasteiger partial charge on any atom is 0.250 e. The lowest BCUT2D eigenvalue weighted by Crippen LogP contribution is -2.19. The molecule has 0 saturated carbocycles. The predicted octanol–water partition coefficient (Wildman–Crippen LogP) is 2.41. The molecule has 0 aromatic carbocycles. The molecule has 0 radical (unpaired) electrons. The zero-order valence-electron chi connectivity index (χ0n) is 9.42. The van der Waals surface area contributed by atoms with Gasteiger partial charge in [-0.25, -0.2) is 4.98 Å². The lowest BCUT2D eigenvalue weighted by atomic mass is 10.3. The van der Waals surface area contributed by atoms with Crippen LogP contribution in [0.4, 0.5) is 5.69 Å². The molecule has 0 aliphatic rings. The van der Waals surface area contributed by atoms with Gasteiger partial charge in [0.25, 0.3) is 0 Å². The molecule has 0 aliphatic heterocycles. The van der Waals surface area contributed by atoms with Crippen LogP contribution in [0.15, 0.2) is 12.1 Å². The monoisotopic (exact) mass is 242 g/mol. The summed E-state index contributed by atoms with van der Waals surface area (Å²) in [7, 11) is 0. The zero-order valence-corrected chi connectivity index (χ0v) is 10.2. The van der Waals surface area contributed by atoms with Gasteiger partial charge in [0.1, 0.15) is 11.8 Å². The molecule has 0 aliphatic carbocycles. The summed E-state index contributed by atoms with van der Waals surface area (Å²) >= 11 is 5.71. The number of halogens is 1. The number of aromatic nitrogens is 1. The molecular formula is C11H15ClN2O2. The van der Waals surface area contributed by atoms with E-state index >= 15 is 0 Å². The van der Waals surface area contributed by atoms with Gasteiger partial charge < -0.3 is 10.1 Å². The number of aryl methyl sites for hydroxylation is 1. The molecule has 0 atom stereocenters. The van der Waals surface area contributed by atoms with Crippen LogP contribution in [-0.4, -0.2) is 24.1 Å². The first-order valence-electron chi connectivity index (χ1n) is 5.14. The van der Waals surface area contributed by atoms with Crippen LogP contribution in [0.1, 0.15) is 19.0 Å². The number of carbonyl (C=O) groups excluding carboxylic acids is 1. The number of ether oxygens (including phenoxy) is 1. The second-order valence-electron chi connectivity index (χ2n) is 3.37. The highest BCUT2D eigenvalue weighted by Crippen LogP contribution is 2.15. The lowest BCUT2D eigenvalue weighted by molar-refractivity contribution is -0.120. The average Bonchev–Trinajstić information content (AvgIpc) is 2.23. The minimum Gasteiger partial charge on any atom is -0.372 e. The van der Waals surface area contributed by atoms with Crippen molar-refractivity contribution in [2.45, 2.75) is 20.3 Å². The van der Waals surface area contributed by atoms with Gasteiger partial charge >= 0.3 is 0 Å². The third-order valence-electron chi connectivity index (χ3n) is 1.91. The van der Waals surface area contributed by atoms with Crippen LogP contribution in [0.3, 0.4) is 0 Å². The molecule has 1 N–H and O–H groups in total. The van der Waals surface area contributed by atoms with E-state index in [1.54, 1.807) is 19.1 Å². The molecule has 0 spiro atoms. The molecule has 0 unspecified atom stereocenters. The van der Waals surface area contributed by atoms with Gasteiger partial charge in [-0.1, -0.05) is 18.5 Å². The van der Waals surface area contributed by atoms with E-state index in [4.69, 9.17) is 16.3 Å². The summed E-state index contributed by atoms with van der Waals surface area (Å²) in [4.78, 5) is 15.5. The molecule has 5 heteroatoms. The molecule has 16 heavy (non-hydrogen) atoms. The van der Waals surface area contributed by atoms with E-state index < -0.39 is 0 Å². The second-order valence-corrected chi connectivity index (χ2v) is 3.75. The summed E-state index contributed by atoms with van der Waals surface area (Å²) < 4.78 is 5.12. The van der Waals surface area contributed by atoms with Gasteiger partial charge in [-0.3, -0.25) is 4.79 Å². The quantitative estimate of drug-likeness (QED) is 0.637. The third kappa shape index (κ3) is 4.16. The number of carbonyl (C=O) groups is 1. The molecule has 1 rings (SSSR count). The average molecular weight is 243 g/mol. The molecule has 0 saturated heterocycles. The Bertz CT molecular complexity index is 369. The summed E-state index contributed by atoms with van der Waals surface area (Å²) in [6.07, 6.45) is 0.898. The van der Waals surface area contributed by atoms with Crippen molar-refractivity contribution in [1.29, 1.82) is 0 Å². The highest BCUT2D eigenvalue weighted by atomic mass is 35.5. The number of rotatable bonds is 5. The number of pyridine rings is 1. The Morgan fingerprint density at radius 3 is 2.94 bits per heavy atom. The number of anilines is 1. The fourth-order valence-corrected chi connectivity index (χ4v) is 1.35. The number of amides is 1. The highest BCUT2D eigenvalue weighted by Gasteiger charge is 2.05. The third-order valence-corrected chi connectivity index (χ3v) is 2.12. The second kappa shape index (κ2) is 6.45. The van der Waals surface area contributed by atoms with Crippen molar-refractivity contribution in [3.8, 4) is 0 Å². The largest absolute Gasteiger partial charge is 0.372 e. The Balaban J connectivity index is 2.49. The van der Waals surface area contributed by atoms with Gasteiger partial charge in [0.05, 0.1) is 11.4 Å². The van der Waals surface area contributed by atoms with Crippen molar-refractivity contribution in [3.05, 3.63) is 23.0 Å². The Kier molecular flexibility index (Phi) is 5.22. The summed E-state index contributed by atoms with van der Waals surface area (Å²) in [6.45, 7) is 4.43. The molecule has 1 heterocycles. The van der Waals surface area contributed by atoms with Crippen molar-refractivity contribution in [2.75, 3.05) is 18.5 Å².